The summed E-state index contributed by atoms with van der Waals surface area (Å²) in [6.45, 7) is 3.59. The van der Waals surface area contributed by atoms with Crippen LogP contribution in [-0.4, -0.2) is 70.4 Å². The third-order valence-corrected chi connectivity index (χ3v) is 6.67. The van der Waals surface area contributed by atoms with E-state index in [1.165, 1.54) is 13.4 Å². The molecule has 6 rings (SSSR count). The molecule has 3 aliphatic heterocycles. The van der Waals surface area contributed by atoms with Crippen LogP contribution in [0, 0.1) is 0 Å². The summed E-state index contributed by atoms with van der Waals surface area (Å²) in [4.78, 5) is 25.6. The average molecular weight is 514 g/mol. The number of ether oxygens (including phenoxy) is 7. The maximum Gasteiger partial charge on any atom is 0.338 e. The molecule has 1 aromatic carbocycles. The van der Waals surface area contributed by atoms with Gasteiger partial charge in [0.25, 0.3) is 0 Å². The van der Waals surface area contributed by atoms with Crippen LogP contribution in [0.25, 0.3) is 11.2 Å². The van der Waals surface area contributed by atoms with Crippen molar-refractivity contribution in [2.75, 3.05) is 26.6 Å². The highest BCUT2D eigenvalue weighted by Crippen LogP contribution is 2.44. The van der Waals surface area contributed by atoms with Crippen molar-refractivity contribution in [1.82, 2.24) is 19.5 Å². The highest BCUT2D eigenvalue weighted by atomic mass is 16.8. The molecule has 0 spiro atoms. The number of carbonyl (C=O) groups excluding carboxylic acids is 1. The Hall–Kier alpha value is -3.20. The maximum absolute atomic E-state index is 13.0. The van der Waals surface area contributed by atoms with E-state index in [0.717, 1.165) is 5.56 Å². The molecule has 37 heavy (non-hydrogen) atoms. The molecule has 0 aliphatic carbocycles. The van der Waals surface area contributed by atoms with E-state index in [1.54, 1.807) is 36.2 Å². The van der Waals surface area contributed by atoms with E-state index in [2.05, 4.69) is 15.0 Å². The number of nitrogens with two attached hydrogens (primary N) is 1. The average Bonchev–Trinajstić information content (AvgIpc) is 3.62. The Morgan fingerprint density at radius 1 is 1.05 bits per heavy atom. The van der Waals surface area contributed by atoms with Crippen LogP contribution in [-0.2, 0) is 33.2 Å². The molecule has 2 aromatic heterocycles. The second-order valence-electron chi connectivity index (χ2n) is 9.43. The van der Waals surface area contributed by atoms with Gasteiger partial charge in [-0.25, -0.2) is 19.7 Å². The smallest absolute Gasteiger partial charge is 0.338 e. The van der Waals surface area contributed by atoms with Gasteiger partial charge in [0.2, 0.25) is 0 Å². The van der Waals surface area contributed by atoms with Crippen molar-refractivity contribution in [3.8, 4) is 0 Å². The molecule has 2 fully saturated rings. The van der Waals surface area contributed by atoms with Crippen LogP contribution in [0.2, 0.25) is 0 Å². The van der Waals surface area contributed by atoms with Crippen molar-refractivity contribution in [1.29, 1.82) is 0 Å². The van der Waals surface area contributed by atoms with E-state index >= 15 is 0 Å². The monoisotopic (exact) mass is 513 g/mol. The molecule has 13 heteroatoms. The van der Waals surface area contributed by atoms with E-state index in [-0.39, 0.29) is 12.4 Å². The molecule has 3 aliphatic rings. The summed E-state index contributed by atoms with van der Waals surface area (Å²) in [5.74, 6) is -1.11. The highest BCUT2D eigenvalue weighted by molar-refractivity contribution is 5.89. The minimum Gasteiger partial charge on any atom is -0.459 e. The second-order valence-corrected chi connectivity index (χ2v) is 9.43. The third-order valence-electron chi connectivity index (χ3n) is 6.67. The van der Waals surface area contributed by atoms with Crippen LogP contribution < -0.4 is 5.73 Å². The van der Waals surface area contributed by atoms with Crippen LogP contribution in [0.4, 0.5) is 5.82 Å². The number of fused-ring (bicyclic) bond motifs is 3. The molecular formula is C24H27N5O8. The fourth-order valence-corrected chi connectivity index (χ4v) is 5.06. The molecule has 196 valence electrons. The topological polar surface area (TPSA) is 151 Å². The summed E-state index contributed by atoms with van der Waals surface area (Å²) in [5.41, 5.74) is 8.77. The lowest BCUT2D eigenvalue weighted by molar-refractivity contribution is -0.217. The summed E-state index contributed by atoms with van der Waals surface area (Å²) < 4.78 is 42.3. The van der Waals surface area contributed by atoms with Crippen molar-refractivity contribution in [3.63, 3.8) is 0 Å². The first-order valence-electron chi connectivity index (χ1n) is 11.8. The van der Waals surface area contributed by atoms with Crippen molar-refractivity contribution in [2.24, 2.45) is 0 Å². The molecule has 0 bridgehead atoms. The minimum absolute atomic E-state index is 0.0539. The zero-order valence-electron chi connectivity index (χ0n) is 20.7. The number of imidazole rings is 1. The quantitative estimate of drug-likeness (QED) is 0.480. The number of esters is 1. The number of hydrogen-bond acceptors (Lipinski definition) is 12. The normalized spacial score (nSPS) is 29.9. The van der Waals surface area contributed by atoms with Gasteiger partial charge in [-0.05, 0) is 26.0 Å². The zero-order valence-corrected chi connectivity index (χ0v) is 20.7. The Bertz CT molecular complexity index is 1350. The van der Waals surface area contributed by atoms with Gasteiger partial charge in [0.15, 0.2) is 36.1 Å². The van der Waals surface area contributed by atoms with Gasteiger partial charge in [-0.1, -0.05) is 6.07 Å². The molecule has 5 heterocycles. The van der Waals surface area contributed by atoms with Crippen LogP contribution in [0.15, 0.2) is 30.9 Å². The summed E-state index contributed by atoms with van der Waals surface area (Å²) in [7, 11) is 3.07. The van der Waals surface area contributed by atoms with Crippen LogP contribution in [0.3, 0.4) is 0 Å². The predicted octanol–water partition coefficient (Wildman–Crippen LogP) is 2.00. The van der Waals surface area contributed by atoms with E-state index in [0.29, 0.717) is 22.3 Å². The van der Waals surface area contributed by atoms with Gasteiger partial charge in [0.05, 0.1) is 11.9 Å². The minimum atomic E-state index is -0.850. The summed E-state index contributed by atoms with van der Waals surface area (Å²) in [5, 5.41) is 0. The van der Waals surface area contributed by atoms with E-state index < -0.39 is 48.9 Å². The van der Waals surface area contributed by atoms with Gasteiger partial charge in [0, 0.05) is 25.3 Å². The number of anilines is 1. The lowest BCUT2D eigenvalue weighted by Crippen LogP contribution is -2.33. The Kier molecular flexibility index (Phi) is 5.86. The number of methoxy groups -OCH3 is 2. The number of nitrogens with zero attached hydrogens (tertiary/aromatic N) is 4. The number of nitrogen functional groups attached to an aromatic ring is 1. The number of benzene rings is 1. The second kappa shape index (κ2) is 8.97. The van der Waals surface area contributed by atoms with Crippen LogP contribution in [0.1, 0.15) is 54.1 Å². The first-order chi connectivity index (χ1) is 17.8. The predicted molar refractivity (Wildman–Crippen MR) is 125 cm³/mol. The summed E-state index contributed by atoms with van der Waals surface area (Å²) >= 11 is 0. The number of hydrogen-bond donors (Lipinski definition) is 1. The van der Waals surface area contributed by atoms with Crippen molar-refractivity contribution in [3.05, 3.63) is 47.5 Å². The fraction of sp³-hybridized carbons (Fsp3) is 0.500. The molecular weight excluding hydrogens is 486 g/mol. The lowest BCUT2D eigenvalue weighted by atomic mass is 10.0. The Morgan fingerprint density at radius 3 is 2.59 bits per heavy atom. The maximum atomic E-state index is 13.0. The van der Waals surface area contributed by atoms with Gasteiger partial charge in [0.1, 0.15) is 36.8 Å². The SMILES string of the molecule is COC1OC(OC)c2cc(C(=O)OCC3O[C@@H](n4cnc5c(N)ncnc54)C4OC(C)(C)O[C@H]34)ccc21. The van der Waals surface area contributed by atoms with Gasteiger partial charge in [-0.15, -0.1) is 0 Å². The lowest BCUT2D eigenvalue weighted by Gasteiger charge is -2.24. The Labute approximate surface area is 211 Å². The summed E-state index contributed by atoms with van der Waals surface area (Å²) in [6.07, 6.45) is -0.458. The van der Waals surface area contributed by atoms with E-state index in [9.17, 15) is 4.79 Å². The van der Waals surface area contributed by atoms with Crippen molar-refractivity contribution in [2.45, 2.75) is 56.8 Å². The zero-order chi connectivity index (χ0) is 25.9. The first-order valence-corrected chi connectivity index (χ1v) is 11.8. The van der Waals surface area contributed by atoms with E-state index in [4.69, 9.17) is 38.9 Å². The Morgan fingerprint density at radius 2 is 1.81 bits per heavy atom. The molecule has 6 atom stereocenters. The van der Waals surface area contributed by atoms with Crippen LogP contribution in [0.5, 0.6) is 0 Å². The molecule has 13 nitrogen and oxygen atoms in total. The fourth-order valence-electron chi connectivity index (χ4n) is 5.06. The number of rotatable bonds is 6. The van der Waals surface area contributed by atoms with Crippen molar-refractivity contribution >= 4 is 23.0 Å². The van der Waals surface area contributed by atoms with Crippen LogP contribution >= 0.6 is 0 Å². The number of carbonyl (C=O) groups is 1. The Balaban J connectivity index is 1.21. The van der Waals surface area contributed by atoms with E-state index in [1.807, 2.05) is 13.8 Å². The summed E-state index contributed by atoms with van der Waals surface area (Å²) in [6, 6.07) is 5.12. The van der Waals surface area contributed by atoms with Gasteiger partial charge >= 0.3 is 5.97 Å². The molecule has 4 unspecified atom stereocenters. The molecule has 0 radical (unpaired) electrons. The molecule has 2 saturated heterocycles. The number of aromatic nitrogens is 4. The molecule has 0 saturated carbocycles. The molecule has 2 N–H and O–H groups in total. The molecule has 3 aromatic rings. The van der Waals surface area contributed by atoms with Gasteiger partial charge in [-0.3, -0.25) is 4.57 Å². The first kappa shape index (κ1) is 24.2. The highest BCUT2D eigenvalue weighted by Gasteiger charge is 2.56. The molecule has 0 amide bonds. The van der Waals surface area contributed by atoms with Crippen molar-refractivity contribution < 1.29 is 38.0 Å². The third kappa shape index (κ3) is 4.04. The largest absolute Gasteiger partial charge is 0.459 e. The standard InChI is InChI=1S/C24H27N5O8/c1-24(2)36-16-14(34-20(17(16)37-24)29-10-28-15-18(25)26-9-27-19(15)29)8-33-21(30)11-5-6-12-13(7-11)23(32-4)35-22(12)31-3/h5-7,9-10,14,16-17,20,22-23H,8H2,1-4H3,(H2,25,26,27)/t14?,16-,17?,20-,22?,23?/m1/s1. The van der Waals surface area contributed by atoms with Gasteiger partial charge in [-0.2, -0.15) is 0 Å². The van der Waals surface area contributed by atoms with Gasteiger partial charge < -0.3 is 38.9 Å².